The number of carbonyl (C=O) groups excluding carboxylic acids is 2. The number of imidazole rings is 1. The van der Waals surface area contributed by atoms with Crippen molar-refractivity contribution in [2.45, 2.75) is 25.3 Å². The fourth-order valence-electron chi connectivity index (χ4n) is 3.63. The molecule has 2 amide bonds. The summed E-state index contributed by atoms with van der Waals surface area (Å²) in [7, 11) is 0. The topological polar surface area (TPSA) is 107 Å². The monoisotopic (exact) mass is 379 g/mol. The van der Waals surface area contributed by atoms with Gasteiger partial charge in [0, 0.05) is 43.0 Å². The van der Waals surface area contributed by atoms with E-state index in [9.17, 15) is 9.59 Å². The van der Waals surface area contributed by atoms with Gasteiger partial charge in [0.05, 0.1) is 0 Å². The fraction of sp³-hybridized carbons (Fsp3) is 0.300. The molecule has 1 aliphatic rings. The second-order valence-electron chi connectivity index (χ2n) is 6.91. The molecule has 1 saturated heterocycles. The Morgan fingerprint density at radius 3 is 2.86 bits per heavy atom. The van der Waals surface area contributed by atoms with Crippen molar-refractivity contribution in [3.63, 3.8) is 0 Å². The second-order valence-corrected chi connectivity index (χ2v) is 6.91. The van der Waals surface area contributed by atoms with Crippen molar-refractivity contribution in [3.8, 4) is 11.3 Å². The molecule has 1 atom stereocenters. The summed E-state index contributed by atoms with van der Waals surface area (Å²) in [5.74, 6) is 0.811. The molecule has 2 aromatic heterocycles. The Hall–Kier alpha value is -3.42. The van der Waals surface area contributed by atoms with E-state index in [0.717, 1.165) is 24.2 Å². The molecular formula is C20H21N5O3. The van der Waals surface area contributed by atoms with E-state index in [1.165, 1.54) is 0 Å². The normalized spacial score (nSPS) is 16.9. The minimum absolute atomic E-state index is 0.0487. The van der Waals surface area contributed by atoms with Crippen LogP contribution in [-0.2, 0) is 11.3 Å². The molecule has 0 radical (unpaired) electrons. The van der Waals surface area contributed by atoms with Gasteiger partial charge in [-0.15, -0.1) is 0 Å². The molecule has 3 heterocycles. The molecule has 28 heavy (non-hydrogen) atoms. The average Bonchev–Trinajstić information content (AvgIpc) is 3.37. The number of likely N-dealkylation sites (tertiary alicyclic amines) is 1. The van der Waals surface area contributed by atoms with Gasteiger partial charge in [0.15, 0.2) is 11.5 Å². The van der Waals surface area contributed by atoms with Crippen LogP contribution in [0.15, 0.2) is 53.3 Å². The van der Waals surface area contributed by atoms with Gasteiger partial charge in [0.1, 0.15) is 12.4 Å². The second kappa shape index (κ2) is 7.67. The smallest absolute Gasteiger partial charge is 0.276 e. The number of benzene rings is 1. The molecule has 0 saturated carbocycles. The Kier molecular flexibility index (Phi) is 4.92. The van der Waals surface area contributed by atoms with Crippen LogP contribution in [0.2, 0.25) is 0 Å². The van der Waals surface area contributed by atoms with Crippen molar-refractivity contribution >= 4 is 11.8 Å². The number of rotatable bonds is 5. The van der Waals surface area contributed by atoms with Gasteiger partial charge in [0.2, 0.25) is 5.91 Å². The summed E-state index contributed by atoms with van der Waals surface area (Å²) in [6, 6.07) is 11.2. The summed E-state index contributed by atoms with van der Waals surface area (Å²) in [5.41, 5.74) is 6.48. The Balaban J connectivity index is 1.49. The van der Waals surface area contributed by atoms with Crippen LogP contribution in [0.25, 0.3) is 11.3 Å². The van der Waals surface area contributed by atoms with Gasteiger partial charge >= 0.3 is 0 Å². The van der Waals surface area contributed by atoms with Gasteiger partial charge in [-0.2, -0.15) is 0 Å². The largest absolute Gasteiger partial charge is 0.368 e. The molecular weight excluding hydrogens is 358 g/mol. The van der Waals surface area contributed by atoms with Crippen molar-refractivity contribution in [1.29, 1.82) is 0 Å². The fourth-order valence-corrected chi connectivity index (χ4v) is 3.63. The van der Waals surface area contributed by atoms with Crippen molar-refractivity contribution in [3.05, 3.63) is 60.3 Å². The molecule has 0 aliphatic carbocycles. The van der Waals surface area contributed by atoms with E-state index in [-0.39, 0.29) is 18.4 Å². The van der Waals surface area contributed by atoms with E-state index >= 15 is 0 Å². The highest BCUT2D eigenvalue weighted by Crippen LogP contribution is 2.27. The van der Waals surface area contributed by atoms with Crippen molar-refractivity contribution in [1.82, 2.24) is 19.6 Å². The molecule has 8 heteroatoms. The third-order valence-corrected chi connectivity index (χ3v) is 4.94. The summed E-state index contributed by atoms with van der Waals surface area (Å²) in [6.45, 7) is 1.25. The van der Waals surface area contributed by atoms with E-state index in [4.69, 9.17) is 10.3 Å². The van der Waals surface area contributed by atoms with Gasteiger partial charge in [-0.1, -0.05) is 35.5 Å². The summed E-state index contributed by atoms with van der Waals surface area (Å²) < 4.78 is 7.11. The van der Waals surface area contributed by atoms with E-state index < -0.39 is 5.91 Å². The van der Waals surface area contributed by atoms with Crippen LogP contribution in [0.4, 0.5) is 0 Å². The number of carbonyl (C=O) groups is 2. The van der Waals surface area contributed by atoms with Crippen LogP contribution in [-0.4, -0.2) is 44.5 Å². The van der Waals surface area contributed by atoms with Gasteiger partial charge < -0.3 is 19.7 Å². The molecule has 0 unspecified atom stereocenters. The highest BCUT2D eigenvalue weighted by Gasteiger charge is 2.29. The van der Waals surface area contributed by atoms with Crippen molar-refractivity contribution in [2.75, 3.05) is 13.1 Å². The maximum absolute atomic E-state index is 12.9. The number of hydrogen-bond donors (Lipinski definition) is 1. The first kappa shape index (κ1) is 18.0. The lowest BCUT2D eigenvalue weighted by atomic mass is 9.96. The van der Waals surface area contributed by atoms with Crippen LogP contribution in [0.1, 0.15) is 35.1 Å². The molecule has 1 fully saturated rings. The molecule has 144 valence electrons. The summed E-state index contributed by atoms with van der Waals surface area (Å²) >= 11 is 0. The van der Waals surface area contributed by atoms with E-state index in [1.54, 1.807) is 27.9 Å². The van der Waals surface area contributed by atoms with E-state index in [2.05, 4.69) is 10.1 Å². The molecule has 1 aromatic carbocycles. The minimum atomic E-state index is -0.418. The zero-order chi connectivity index (χ0) is 19.5. The molecule has 4 rings (SSSR count). The number of aromatic nitrogens is 3. The van der Waals surface area contributed by atoms with Crippen LogP contribution >= 0.6 is 0 Å². The Morgan fingerprint density at radius 1 is 1.25 bits per heavy atom. The number of hydrogen-bond acceptors (Lipinski definition) is 5. The van der Waals surface area contributed by atoms with E-state index in [1.807, 2.05) is 30.3 Å². The highest BCUT2D eigenvalue weighted by atomic mass is 16.5. The Morgan fingerprint density at radius 2 is 2.07 bits per heavy atom. The van der Waals surface area contributed by atoms with Crippen LogP contribution in [0.5, 0.6) is 0 Å². The lowest BCUT2D eigenvalue weighted by Gasteiger charge is -2.32. The SMILES string of the molecule is NC(=O)Cn1ccnc1[C@H]1CCCN(C(=O)c2cc(-c3ccccc3)on2)C1. The van der Waals surface area contributed by atoms with Gasteiger partial charge in [-0.3, -0.25) is 9.59 Å². The van der Waals surface area contributed by atoms with Crippen molar-refractivity contribution in [2.24, 2.45) is 5.73 Å². The highest BCUT2D eigenvalue weighted by molar-refractivity contribution is 5.93. The number of primary amides is 1. The summed E-state index contributed by atoms with van der Waals surface area (Å²) in [4.78, 5) is 30.3. The molecule has 1 aliphatic heterocycles. The van der Waals surface area contributed by atoms with Crippen LogP contribution < -0.4 is 5.73 Å². The predicted octanol–water partition coefficient (Wildman–Crippen LogP) is 2.04. The molecule has 0 bridgehead atoms. The zero-order valence-corrected chi connectivity index (χ0v) is 15.3. The lowest BCUT2D eigenvalue weighted by Crippen LogP contribution is -2.40. The van der Waals surface area contributed by atoms with Crippen molar-refractivity contribution < 1.29 is 14.1 Å². The standard InChI is InChI=1S/C20H21N5O3/c21-18(26)13-24-10-8-22-19(24)15-7-4-9-25(12-15)20(27)16-11-17(28-23-16)14-5-2-1-3-6-14/h1-3,5-6,8,10-11,15H,4,7,9,12-13H2,(H2,21,26)/t15-/m0/s1. The molecule has 8 nitrogen and oxygen atoms in total. The first-order chi connectivity index (χ1) is 13.6. The number of nitrogens with two attached hydrogens (primary N) is 1. The van der Waals surface area contributed by atoms with E-state index in [0.29, 0.717) is 24.5 Å². The maximum atomic E-state index is 12.9. The summed E-state index contributed by atoms with van der Waals surface area (Å²) in [5, 5.41) is 3.96. The maximum Gasteiger partial charge on any atom is 0.276 e. The number of nitrogens with zero attached hydrogens (tertiary/aromatic N) is 4. The minimum Gasteiger partial charge on any atom is -0.368 e. The van der Waals surface area contributed by atoms with Gasteiger partial charge in [0.25, 0.3) is 5.91 Å². The van der Waals surface area contributed by atoms with Crippen LogP contribution in [0, 0.1) is 0 Å². The zero-order valence-electron chi connectivity index (χ0n) is 15.3. The van der Waals surface area contributed by atoms with Gasteiger partial charge in [-0.05, 0) is 12.8 Å². The third kappa shape index (κ3) is 3.66. The third-order valence-electron chi connectivity index (χ3n) is 4.94. The van der Waals surface area contributed by atoms with Crippen LogP contribution in [0.3, 0.4) is 0 Å². The Labute approximate surface area is 161 Å². The molecule has 3 aromatic rings. The summed E-state index contributed by atoms with van der Waals surface area (Å²) in [6.07, 6.45) is 5.14. The number of amides is 2. The first-order valence-corrected chi connectivity index (χ1v) is 9.22. The average molecular weight is 379 g/mol. The first-order valence-electron chi connectivity index (χ1n) is 9.22. The number of piperidine rings is 1. The predicted molar refractivity (Wildman–Crippen MR) is 101 cm³/mol. The van der Waals surface area contributed by atoms with Gasteiger partial charge in [-0.25, -0.2) is 4.98 Å². The molecule has 2 N–H and O–H groups in total. The lowest BCUT2D eigenvalue weighted by molar-refractivity contribution is -0.118. The Bertz CT molecular complexity index is 979. The quantitative estimate of drug-likeness (QED) is 0.730. The molecule has 0 spiro atoms.